The fourth-order valence-corrected chi connectivity index (χ4v) is 4.62. The number of alkyl carbamates (subject to hydrolysis) is 1. The maximum Gasteiger partial charge on any atom is 0.407 e. The lowest BCUT2D eigenvalue weighted by Gasteiger charge is -2.29. The Kier molecular flexibility index (Phi) is 6.88. The standard InChI is InChI=1S/C26H30N2O6/c1-26(24(30)31,16-11-12-16)28-23(29)22(13-14-33-2)27-25(32)34-15-21-19-9-5-3-7-17(19)18-8-4-6-10-20(18)21/h3-10,16,21-22H,11-15H2,1-2H3,(H,27,32)(H,28,29)(H,30,31). The molecule has 4 rings (SSSR count). The first-order valence-electron chi connectivity index (χ1n) is 11.5. The fraction of sp³-hybridized carbons (Fsp3) is 0.423. The summed E-state index contributed by atoms with van der Waals surface area (Å²) in [7, 11) is 1.49. The van der Waals surface area contributed by atoms with Crippen LogP contribution < -0.4 is 10.6 Å². The van der Waals surface area contributed by atoms with E-state index >= 15 is 0 Å². The quantitative estimate of drug-likeness (QED) is 0.495. The second-order valence-electron chi connectivity index (χ2n) is 9.07. The van der Waals surface area contributed by atoms with Crippen LogP contribution in [0.25, 0.3) is 11.1 Å². The van der Waals surface area contributed by atoms with Crippen molar-refractivity contribution in [2.45, 2.75) is 43.7 Å². The Balaban J connectivity index is 1.42. The average molecular weight is 467 g/mol. The van der Waals surface area contributed by atoms with Crippen molar-refractivity contribution in [1.29, 1.82) is 0 Å². The number of carboxylic acid groups (broad SMARTS) is 1. The predicted molar refractivity (Wildman–Crippen MR) is 125 cm³/mol. The van der Waals surface area contributed by atoms with Crippen molar-refractivity contribution in [2.75, 3.05) is 20.3 Å². The fourth-order valence-electron chi connectivity index (χ4n) is 4.62. The Bertz CT molecular complexity index is 1040. The molecule has 0 saturated heterocycles. The molecule has 180 valence electrons. The molecule has 2 aromatic carbocycles. The summed E-state index contributed by atoms with van der Waals surface area (Å²) in [6.45, 7) is 1.84. The van der Waals surface area contributed by atoms with E-state index in [9.17, 15) is 19.5 Å². The number of rotatable bonds is 10. The number of hydrogen-bond donors (Lipinski definition) is 3. The topological polar surface area (TPSA) is 114 Å². The third-order valence-corrected chi connectivity index (χ3v) is 6.78. The molecule has 8 heteroatoms. The number of benzene rings is 2. The largest absolute Gasteiger partial charge is 0.480 e. The number of methoxy groups -OCH3 is 1. The molecule has 0 aliphatic heterocycles. The van der Waals surface area contributed by atoms with Gasteiger partial charge in [0.15, 0.2) is 0 Å². The summed E-state index contributed by atoms with van der Waals surface area (Å²) in [5.41, 5.74) is 3.05. The van der Waals surface area contributed by atoms with E-state index in [0.717, 1.165) is 35.1 Å². The van der Waals surface area contributed by atoms with Gasteiger partial charge in [0.2, 0.25) is 5.91 Å². The number of fused-ring (bicyclic) bond motifs is 3. The highest BCUT2D eigenvalue weighted by atomic mass is 16.5. The van der Waals surface area contributed by atoms with E-state index in [1.807, 2.05) is 36.4 Å². The Hall–Kier alpha value is -3.39. The van der Waals surface area contributed by atoms with Crippen LogP contribution in [0.15, 0.2) is 48.5 Å². The zero-order valence-electron chi connectivity index (χ0n) is 19.4. The molecule has 0 heterocycles. The van der Waals surface area contributed by atoms with Gasteiger partial charge in [0.05, 0.1) is 0 Å². The van der Waals surface area contributed by atoms with Crippen LogP contribution in [0.3, 0.4) is 0 Å². The van der Waals surface area contributed by atoms with Gasteiger partial charge in [-0.05, 0) is 47.9 Å². The van der Waals surface area contributed by atoms with Crippen molar-refractivity contribution in [2.24, 2.45) is 5.92 Å². The highest BCUT2D eigenvalue weighted by Crippen LogP contribution is 2.44. The van der Waals surface area contributed by atoms with E-state index in [1.54, 1.807) is 0 Å². The van der Waals surface area contributed by atoms with Gasteiger partial charge in [0, 0.05) is 26.1 Å². The molecule has 0 radical (unpaired) electrons. The number of carboxylic acids is 1. The van der Waals surface area contributed by atoms with Crippen molar-refractivity contribution in [3.63, 3.8) is 0 Å². The minimum absolute atomic E-state index is 0.102. The molecular weight excluding hydrogens is 436 g/mol. The van der Waals surface area contributed by atoms with E-state index in [2.05, 4.69) is 22.8 Å². The van der Waals surface area contributed by atoms with Crippen LogP contribution >= 0.6 is 0 Å². The molecule has 1 fully saturated rings. The van der Waals surface area contributed by atoms with Gasteiger partial charge in [0.25, 0.3) is 0 Å². The second-order valence-corrected chi connectivity index (χ2v) is 9.07. The lowest BCUT2D eigenvalue weighted by Crippen LogP contribution is -2.59. The summed E-state index contributed by atoms with van der Waals surface area (Å²) in [6.07, 6.45) is 0.936. The maximum absolute atomic E-state index is 12.9. The van der Waals surface area contributed by atoms with Crippen LogP contribution in [-0.2, 0) is 19.1 Å². The van der Waals surface area contributed by atoms with Gasteiger partial charge in [-0.15, -0.1) is 0 Å². The summed E-state index contributed by atoms with van der Waals surface area (Å²) in [5, 5.41) is 14.9. The van der Waals surface area contributed by atoms with E-state index in [-0.39, 0.29) is 31.5 Å². The SMILES string of the molecule is COCCC(NC(=O)OCC1c2ccccc2-c2ccccc21)C(=O)NC(C)(C(=O)O)C1CC1. The molecule has 34 heavy (non-hydrogen) atoms. The minimum atomic E-state index is -1.37. The number of carbonyl (C=O) groups excluding carboxylic acids is 2. The van der Waals surface area contributed by atoms with E-state index in [4.69, 9.17) is 9.47 Å². The molecule has 0 spiro atoms. The maximum atomic E-state index is 12.9. The molecule has 0 aromatic heterocycles. The van der Waals surface area contributed by atoms with E-state index in [1.165, 1.54) is 14.0 Å². The van der Waals surface area contributed by atoms with Gasteiger partial charge >= 0.3 is 12.1 Å². The number of amides is 2. The molecule has 0 bridgehead atoms. The lowest BCUT2D eigenvalue weighted by atomic mass is 9.95. The first-order valence-corrected chi connectivity index (χ1v) is 11.5. The van der Waals surface area contributed by atoms with Crippen molar-refractivity contribution < 1.29 is 29.0 Å². The highest BCUT2D eigenvalue weighted by Gasteiger charge is 2.49. The summed E-state index contributed by atoms with van der Waals surface area (Å²) >= 11 is 0. The van der Waals surface area contributed by atoms with Crippen molar-refractivity contribution in [3.05, 3.63) is 59.7 Å². The van der Waals surface area contributed by atoms with Gasteiger partial charge in [0.1, 0.15) is 18.2 Å². The molecule has 8 nitrogen and oxygen atoms in total. The molecule has 2 aliphatic carbocycles. The number of carbonyl (C=O) groups is 3. The Morgan fingerprint density at radius 2 is 1.65 bits per heavy atom. The number of nitrogens with one attached hydrogen (secondary N) is 2. The smallest absolute Gasteiger partial charge is 0.407 e. The minimum Gasteiger partial charge on any atom is -0.480 e. The van der Waals surface area contributed by atoms with Crippen LogP contribution in [0, 0.1) is 5.92 Å². The Morgan fingerprint density at radius 1 is 1.06 bits per heavy atom. The van der Waals surface area contributed by atoms with E-state index in [0.29, 0.717) is 0 Å². The normalized spacial score (nSPS) is 17.1. The van der Waals surface area contributed by atoms with Crippen molar-refractivity contribution in [1.82, 2.24) is 10.6 Å². The van der Waals surface area contributed by atoms with Gasteiger partial charge in [-0.3, -0.25) is 4.79 Å². The number of hydrogen-bond acceptors (Lipinski definition) is 5. The first-order chi connectivity index (χ1) is 16.3. The third-order valence-electron chi connectivity index (χ3n) is 6.78. The van der Waals surface area contributed by atoms with Crippen molar-refractivity contribution in [3.8, 4) is 11.1 Å². The first kappa shape index (κ1) is 23.8. The zero-order valence-corrected chi connectivity index (χ0v) is 19.4. The molecule has 2 unspecified atom stereocenters. The summed E-state index contributed by atoms with van der Waals surface area (Å²) in [5.74, 6) is -1.88. The van der Waals surface area contributed by atoms with Gasteiger partial charge in [-0.1, -0.05) is 48.5 Å². The molecule has 2 amide bonds. The molecule has 1 saturated carbocycles. The number of ether oxygens (including phenoxy) is 2. The summed E-state index contributed by atoms with van der Waals surface area (Å²) < 4.78 is 10.6. The second kappa shape index (κ2) is 9.85. The average Bonchev–Trinajstić information content (AvgIpc) is 3.64. The van der Waals surface area contributed by atoms with Crippen LogP contribution in [-0.4, -0.2) is 55.0 Å². The summed E-state index contributed by atoms with van der Waals surface area (Å²) in [6, 6.07) is 15.1. The zero-order chi connectivity index (χ0) is 24.3. The third kappa shape index (κ3) is 4.77. The molecule has 2 aromatic rings. The van der Waals surface area contributed by atoms with Crippen LogP contribution in [0.4, 0.5) is 4.79 Å². The van der Waals surface area contributed by atoms with Gasteiger partial charge in [-0.25, -0.2) is 9.59 Å². The van der Waals surface area contributed by atoms with Crippen LogP contribution in [0.2, 0.25) is 0 Å². The van der Waals surface area contributed by atoms with E-state index < -0.39 is 29.6 Å². The van der Waals surface area contributed by atoms with Crippen LogP contribution in [0.5, 0.6) is 0 Å². The highest BCUT2D eigenvalue weighted by molar-refractivity contribution is 5.91. The monoisotopic (exact) mass is 466 g/mol. The lowest BCUT2D eigenvalue weighted by molar-refractivity contribution is -0.148. The van der Waals surface area contributed by atoms with Crippen LogP contribution in [0.1, 0.15) is 43.2 Å². The Morgan fingerprint density at radius 3 is 2.18 bits per heavy atom. The molecule has 2 atom stereocenters. The van der Waals surface area contributed by atoms with Gasteiger partial charge < -0.3 is 25.2 Å². The molecule has 2 aliphatic rings. The number of aliphatic carboxylic acids is 1. The van der Waals surface area contributed by atoms with Crippen molar-refractivity contribution >= 4 is 18.0 Å². The summed E-state index contributed by atoms with van der Waals surface area (Å²) in [4.78, 5) is 37.4. The Labute approximate surface area is 198 Å². The van der Waals surface area contributed by atoms with Gasteiger partial charge in [-0.2, -0.15) is 0 Å². The molecular formula is C26H30N2O6. The molecule has 3 N–H and O–H groups in total. The predicted octanol–water partition coefficient (Wildman–Crippen LogP) is 3.30.